The number of benzene rings is 2. The molecule has 0 unspecified atom stereocenters. The van der Waals surface area contributed by atoms with Crippen LogP contribution in [0.4, 0.5) is 5.69 Å². The van der Waals surface area contributed by atoms with Crippen molar-refractivity contribution in [1.82, 2.24) is 10.3 Å². The standard InChI is InChI=1S/C25H22BrN3O2/c1-17(2)23(29-24(30)19-10-12-20(26)13-11-19)25(31)28-22-8-5-6-18(16-22)9-14-21-7-3-4-15-27-21/h3-8,10-13,15-17,23H,1-2H3,(H,28,31)(H,29,30)/t23-/m0/s1. The van der Waals surface area contributed by atoms with Crippen molar-refractivity contribution in [3.05, 3.63) is 94.2 Å². The summed E-state index contributed by atoms with van der Waals surface area (Å²) in [4.78, 5) is 29.6. The summed E-state index contributed by atoms with van der Waals surface area (Å²) in [6.45, 7) is 3.78. The van der Waals surface area contributed by atoms with E-state index in [2.05, 4.69) is 43.4 Å². The van der Waals surface area contributed by atoms with E-state index in [1.807, 2.05) is 44.2 Å². The molecule has 1 atom stereocenters. The number of rotatable bonds is 5. The van der Waals surface area contributed by atoms with E-state index in [4.69, 9.17) is 0 Å². The van der Waals surface area contributed by atoms with Crippen molar-refractivity contribution in [2.24, 2.45) is 5.92 Å². The molecule has 5 nitrogen and oxygen atoms in total. The summed E-state index contributed by atoms with van der Waals surface area (Å²) in [6, 6.07) is 19.1. The molecular formula is C25H22BrN3O2. The lowest BCUT2D eigenvalue weighted by atomic mass is 10.0. The third-order valence-electron chi connectivity index (χ3n) is 4.47. The molecule has 31 heavy (non-hydrogen) atoms. The number of amides is 2. The van der Waals surface area contributed by atoms with Crippen LogP contribution >= 0.6 is 15.9 Å². The van der Waals surface area contributed by atoms with Gasteiger partial charge in [0.15, 0.2) is 0 Å². The lowest BCUT2D eigenvalue weighted by Gasteiger charge is -2.22. The first kappa shape index (κ1) is 22.3. The molecule has 2 aromatic carbocycles. The maximum Gasteiger partial charge on any atom is 0.251 e. The van der Waals surface area contributed by atoms with Crippen molar-refractivity contribution in [3.8, 4) is 11.8 Å². The van der Waals surface area contributed by atoms with E-state index < -0.39 is 6.04 Å². The average Bonchev–Trinajstić information content (AvgIpc) is 2.77. The maximum absolute atomic E-state index is 12.9. The molecule has 0 fully saturated rings. The summed E-state index contributed by atoms with van der Waals surface area (Å²) in [6.07, 6.45) is 1.69. The molecule has 0 aliphatic carbocycles. The number of carbonyl (C=O) groups is 2. The average molecular weight is 476 g/mol. The lowest BCUT2D eigenvalue weighted by Crippen LogP contribution is -2.47. The molecule has 0 bridgehead atoms. The fourth-order valence-electron chi connectivity index (χ4n) is 2.83. The molecule has 0 saturated heterocycles. The Hall–Kier alpha value is -3.43. The number of anilines is 1. The fourth-order valence-corrected chi connectivity index (χ4v) is 3.09. The van der Waals surface area contributed by atoms with Crippen LogP contribution in [0, 0.1) is 17.8 Å². The zero-order valence-electron chi connectivity index (χ0n) is 17.2. The Morgan fingerprint density at radius 1 is 0.968 bits per heavy atom. The Kier molecular flexibility index (Phi) is 7.58. The van der Waals surface area contributed by atoms with E-state index >= 15 is 0 Å². The SMILES string of the molecule is CC(C)[C@H](NC(=O)c1ccc(Br)cc1)C(=O)Nc1cccc(C#Cc2ccccn2)c1. The van der Waals surface area contributed by atoms with Crippen LogP contribution in [0.1, 0.15) is 35.5 Å². The van der Waals surface area contributed by atoms with E-state index in [-0.39, 0.29) is 17.7 Å². The van der Waals surface area contributed by atoms with Gasteiger partial charge in [-0.25, -0.2) is 4.98 Å². The third-order valence-corrected chi connectivity index (χ3v) is 5.00. The minimum atomic E-state index is -0.681. The van der Waals surface area contributed by atoms with Crippen LogP contribution < -0.4 is 10.6 Å². The summed E-state index contributed by atoms with van der Waals surface area (Å²) < 4.78 is 0.883. The van der Waals surface area contributed by atoms with Crippen molar-refractivity contribution in [3.63, 3.8) is 0 Å². The van der Waals surface area contributed by atoms with Gasteiger partial charge in [-0.2, -0.15) is 0 Å². The molecule has 6 heteroatoms. The molecule has 0 aliphatic rings. The number of hydrogen-bond donors (Lipinski definition) is 2. The zero-order chi connectivity index (χ0) is 22.2. The van der Waals surface area contributed by atoms with Gasteiger partial charge in [0.25, 0.3) is 5.91 Å². The van der Waals surface area contributed by atoms with Crippen LogP contribution in [0.2, 0.25) is 0 Å². The van der Waals surface area contributed by atoms with Crippen LogP contribution in [0.3, 0.4) is 0 Å². The van der Waals surface area contributed by atoms with E-state index in [0.717, 1.165) is 10.0 Å². The molecule has 1 heterocycles. The van der Waals surface area contributed by atoms with E-state index in [9.17, 15) is 9.59 Å². The highest BCUT2D eigenvalue weighted by Crippen LogP contribution is 2.14. The van der Waals surface area contributed by atoms with Gasteiger partial charge in [0.05, 0.1) is 0 Å². The smallest absolute Gasteiger partial charge is 0.251 e. The Morgan fingerprint density at radius 3 is 2.42 bits per heavy atom. The first-order chi connectivity index (χ1) is 14.9. The molecular weight excluding hydrogens is 454 g/mol. The molecule has 0 aliphatic heterocycles. The number of pyridine rings is 1. The maximum atomic E-state index is 12.9. The number of hydrogen-bond acceptors (Lipinski definition) is 3. The predicted octanol–water partition coefficient (Wildman–Crippen LogP) is 4.64. The first-order valence-electron chi connectivity index (χ1n) is 9.83. The van der Waals surface area contributed by atoms with Crippen LogP contribution in [0.5, 0.6) is 0 Å². The van der Waals surface area contributed by atoms with Crippen LogP contribution in [-0.4, -0.2) is 22.8 Å². The summed E-state index contributed by atoms with van der Waals surface area (Å²) in [5.74, 6) is 5.38. The highest BCUT2D eigenvalue weighted by molar-refractivity contribution is 9.10. The van der Waals surface area contributed by atoms with E-state index in [0.29, 0.717) is 16.9 Å². The van der Waals surface area contributed by atoms with Gasteiger partial charge in [0.2, 0.25) is 5.91 Å². The van der Waals surface area contributed by atoms with Gasteiger partial charge in [-0.1, -0.05) is 47.8 Å². The Balaban J connectivity index is 1.70. The molecule has 2 amide bonds. The Labute approximate surface area is 190 Å². The minimum absolute atomic E-state index is 0.0912. The Morgan fingerprint density at radius 2 is 1.74 bits per heavy atom. The molecule has 156 valence electrons. The third kappa shape index (κ3) is 6.53. The van der Waals surface area contributed by atoms with Crippen molar-refractivity contribution < 1.29 is 9.59 Å². The molecule has 1 aromatic heterocycles. The van der Waals surface area contributed by atoms with Crippen molar-refractivity contribution in [2.75, 3.05) is 5.32 Å². The van der Waals surface area contributed by atoms with Gasteiger partial charge in [0.1, 0.15) is 11.7 Å². The molecule has 0 spiro atoms. The first-order valence-corrected chi connectivity index (χ1v) is 10.6. The van der Waals surface area contributed by atoms with Crippen molar-refractivity contribution in [1.29, 1.82) is 0 Å². The normalized spacial score (nSPS) is 11.2. The van der Waals surface area contributed by atoms with Gasteiger partial charge >= 0.3 is 0 Å². The quantitative estimate of drug-likeness (QED) is 0.528. The second-order valence-electron chi connectivity index (χ2n) is 7.24. The number of halogens is 1. The second-order valence-corrected chi connectivity index (χ2v) is 8.15. The second kappa shape index (κ2) is 10.6. The van der Waals surface area contributed by atoms with Gasteiger partial charge in [0, 0.05) is 27.5 Å². The van der Waals surface area contributed by atoms with E-state index in [1.165, 1.54) is 0 Å². The summed E-state index contributed by atoms with van der Waals surface area (Å²) in [5, 5.41) is 5.71. The van der Waals surface area contributed by atoms with Gasteiger partial charge in [-0.15, -0.1) is 0 Å². The molecule has 3 aromatic rings. The number of carbonyl (C=O) groups excluding carboxylic acids is 2. The highest BCUT2D eigenvalue weighted by atomic mass is 79.9. The fraction of sp³-hybridized carbons (Fsp3) is 0.160. The topological polar surface area (TPSA) is 71.1 Å². The van der Waals surface area contributed by atoms with Gasteiger partial charge in [-0.3, -0.25) is 9.59 Å². The van der Waals surface area contributed by atoms with E-state index in [1.54, 1.807) is 42.6 Å². The predicted molar refractivity (Wildman–Crippen MR) is 126 cm³/mol. The molecule has 0 saturated carbocycles. The number of aromatic nitrogens is 1. The molecule has 0 radical (unpaired) electrons. The summed E-state index contributed by atoms with van der Waals surface area (Å²) in [5.41, 5.74) is 2.53. The zero-order valence-corrected chi connectivity index (χ0v) is 18.8. The summed E-state index contributed by atoms with van der Waals surface area (Å²) in [7, 11) is 0. The van der Waals surface area contributed by atoms with Gasteiger partial charge in [-0.05, 0) is 66.4 Å². The Bertz CT molecular complexity index is 1120. The van der Waals surface area contributed by atoms with Gasteiger partial charge < -0.3 is 10.6 Å². The molecule has 3 rings (SSSR count). The largest absolute Gasteiger partial charge is 0.340 e. The highest BCUT2D eigenvalue weighted by Gasteiger charge is 2.24. The number of nitrogens with one attached hydrogen (secondary N) is 2. The number of nitrogens with zero attached hydrogens (tertiary/aromatic N) is 1. The van der Waals surface area contributed by atoms with Crippen LogP contribution in [0.25, 0.3) is 0 Å². The lowest BCUT2D eigenvalue weighted by molar-refractivity contribution is -0.118. The van der Waals surface area contributed by atoms with Crippen LogP contribution in [-0.2, 0) is 4.79 Å². The van der Waals surface area contributed by atoms with Crippen molar-refractivity contribution in [2.45, 2.75) is 19.9 Å². The monoisotopic (exact) mass is 475 g/mol. The molecule has 2 N–H and O–H groups in total. The van der Waals surface area contributed by atoms with Crippen LogP contribution in [0.15, 0.2) is 77.4 Å². The van der Waals surface area contributed by atoms with Crippen molar-refractivity contribution >= 4 is 33.4 Å². The summed E-state index contributed by atoms with van der Waals surface area (Å²) >= 11 is 3.35. The minimum Gasteiger partial charge on any atom is -0.340 e.